The van der Waals surface area contributed by atoms with Crippen molar-refractivity contribution in [2.75, 3.05) is 5.73 Å². The maximum atomic E-state index is 10.8. The molecule has 0 aliphatic heterocycles. The summed E-state index contributed by atoms with van der Waals surface area (Å²) in [7, 11) is 0. The predicted octanol–water partition coefficient (Wildman–Crippen LogP) is 3.99. The number of anilines is 1. The number of carboxylic acid groups (broad SMARTS) is 1. The molecule has 7 heteroatoms. The van der Waals surface area contributed by atoms with E-state index in [0.29, 0.717) is 26.3 Å². The van der Waals surface area contributed by atoms with Crippen molar-refractivity contribution in [1.82, 2.24) is 4.98 Å². The van der Waals surface area contributed by atoms with Crippen LogP contribution >= 0.6 is 34.8 Å². The molecule has 0 radical (unpaired) electrons. The van der Waals surface area contributed by atoms with Crippen LogP contribution in [0.25, 0.3) is 11.3 Å². The molecule has 1 aromatic heterocycles. The molecule has 0 amide bonds. The first-order valence-corrected chi connectivity index (χ1v) is 6.17. The molecule has 0 unspecified atom stereocenters. The first-order chi connectivity index (χ1) is 8.90. The standard InChI is InChI=1S/C12H7Cl3N2O2/c13-7-3-9(15)8(14)2-6(7)11-10(16)1-5(4-17-11)12(18)19/h1-4H,16H2,(H,18,19). The Morgan fingerprint density at radius 1 is 1.11 bits per heavy atom. The van der Waals surface area contributed by atoms with Gasteiger partial charge in [-0.05, 0) is 18.2 Å². The highest BCUT2D eigenvalue weighted by atomic mass is 35.5. The van der Waals surface area contributed by atoms with Crippen LogP contribution in [0.4, 0.5) is 5.69 Å². The summed E-state index contributed by atoms with van der Waals surface area (Å²) in [5, 5.41) is 9.80. The number of hydrogen-bond donors (Lipinski definition) is 2. The van der Waals surface area contributed by atoms with Crippen molar-refractivity contribution >= 4 is 46.5 Å². The molecule has 0 aliphatic rings. The van der Waals surface area contributed by atoms with E-state index >= 15 is 0 Å². The topological polar surface area (TPSA) is 76.2 Å². The third kappa shape index (κ3) is 2.76. The summed E-state index contributed by atoms with van der Waals surface area (Å²) in [6, 6.07) is 4.32. The fourth-order valence-corrected chi connectivity index (χ4v) is 2.16. The lowest BCUT2D eigenvalue weighted by molar-refractivity contribution is 0.0696. The molecule has 2 rings (SSSR count). The smallest absolute Gasteiger partial charge is 0.337 e. The molecule has 0 spiro atoms. The number of benzene rings is 1. The number of nitrogens with two attached hydrogens (primary N) is 1. The van der Waals surface area contributed by atoms with Crippen molar-refractivity contribution in [2.45, 2.75) is 0 Å². The molecule has 1 heterocycles. The highest BCUT2D eigenvalue weighted by Gasteiger charge is 2.14. The van der Waals surface area contributed by atoms with E-state index in [1.165, 1.54) is 24.4 Å². The van der Waals surface area contributed by atoms with Crippen LogP contribution in [0, 0.1) is 0 Å². The monoisotopic (exact) mass is 316 g/mol. The summed E-state index contributed by atoms with van der Waals surface area (Å²) in [4.78, 5) is 14.8. The molecule has 0 bridgehead atoms. The molecular formula is C12H7Cl3N2O2. The maximum Gasteiger partial charge on any atom is 0.337 e. The van der Waals surface area contributed by atoms with Crippen molar-refractivity contribution in [3.63, 3.8) is 0 Å². The van der Waals surface area contributed by atoms with E-state index < -0.39 is 5.97 Å². The van der Waals surface area contributed by atoms with E-state index in [1.54, 1.807) is 0 Å². The highest BCUT2D eigenvalue weighted by Crippen LogP contribution is 2.36. The summed E-state index contributed by atoms with van der Waals surface area (Å²) in [6.45, 7) is 0. The Hall–Kier alpha value is -1.49. The van der Waals surface area contributed by atoms with Gasteiger partial charge in [0.2, 0.25) is 0 Å². The lowest BCUT2D eigenvalue weighted by Gasteiger charge is -2.09. The zero-order chi connectivity index (χ0) is 14.2. The third-order valence-corrected chi connectivity index (χ3v) is 3.46. The van der Waals surface area contributed by atoms with Gasteiger partial charge >= 0.3 is 5.97 Å². The summed E-state index contributed by atoms with van der Waals surface area (Å²) in [5.74, 6) is -1.11. The minimum atomic E-state index is -1.11. The number of aromatic carboxylic acids is 1. The zero-order valence-corrected chi connectivity index (χ0v) is 11.6. The van der Waals surface area contributed by atoms with Gasteiger partial charge in [-0.1, -0.05) is 34.8 Å². The van der Waals surface area contributed by atoms with E-state index in [0.717, 1.165) is 0 Å². The second-order valence-corrected chi connectivity index (χ2v) is 4.93. The molecule has 3 N–H and O–H groups in total. The van der Waals surface area contributed by atoms with Crippen molar-refractivity contribution in [2.24, 2.45) is 0 Å². The Balaban J connectivity index is 2.59. The first-order valence-electron chi connectivity index (χ1n) is 5.04. The van der Waals surface area contributed by atoms with Gasteiger partial charge in [-0.2, -0.15) is 0 Å². The Bertz CT molecular complexity index is 674. The summed E-state index contributed by atoms with van der Waals surface area (Å²) < 4.78 is 0. The third-order valence-electron chi connectivity index (χ3n) is 2.43. The lowest BCUT2D eigenvalue weighted by Crippen LogP contribution is -2.01. The van der Waals surface area contributed by atoms with Gasteiger partial charge in [-0.25, -0.2) is 4.79 Å². The quantitative estimate of drug-likeness (QED) is 0.821. The first kappa shape index (κ1) is 13.9. The SMILES string of the molecule is Nc1cc(C(=O)O)cnc1-c1cc(Cl)c(Cl)cc1Cl. The zero-order valence-electron chi connectivity index (χ0n) is 9.32. The summed E-state index contributed by atoms with van der Waals surface area (Å²) >= 11 is 17.8. The Morgan fingerprint density at radius 3 is 2.32 bits per heavy atom. The molecule has 0 fully saturated rings. The van der Waals surface area contributed by atoms with E-state index in [2.05, 4.69) is 4.98 Å². The maximum absolute atomic E-state index is 10.8. The van der Waals surface area contributed by atoms with Crippen LogP contribution in [-0.2, 0) is 0 Å². The second kappa shape index (κ2) is 5.25. The molecule has 1 aromatic carbocycles. The Morgan fingerprint density at radius 2 is 1.74 bits per heavy atom. The number of rotatable bonds is 2. The molecule has 2 aromatic rings. The van der Waals surface area contributed by atoms with E-state index in [-0.39, 0.29) is 11.3 Å². The number of nitrogen functional groups attached to an aromatic ring is 1. The molecule has 98 valence electrons. The van der Waals surface area contributed by atoms with Gasteiger partial charge < -0.3 is 10.8 Å². The van der Waals surface area contributed by atoms with E-state index in [9.17, 15) is 4.79 Å². The number of carbonyl (C=O) groups is 1. The normalized spacial score (nSPS) is 10.5. The van der Waals surface area contributed by atoms with Gasteiger partial charge in [-0.15, -0.1) is 0 Å². The van der Waals surface area contributed by atoms with Crippen LogP contribution in [-0.4, -0.2) is 16.1 Å². The second-order valence-electron chi connectivity index (χ2n) is 3.71. The Labute approximate surface area is 123 Å². The minimum absolute atomic E-state index is 0.00238. The summed E-state index contributed by atoms with van der Waals surface area (Å²) in [6.07, 6.45) is 1.20. The van der Waals surface area contributed by atoms with Gasteiger partial charge in [0.15, 0.2) is 0 Å². The van der Waals surface area contributed by atoms with Crippen LogP contribution in [0.5, 0.6) is 0 Å². The molecule has 19 heavy (non-hydrogen) atoms. The molecular weight excluding hydrogens is 311 g/mol. The van der Waals surface area contributed by atoms with Crippen LogP contribution in [0.2, 0.25) is 15.1 Å². The summed E-state index contributed by atoms with van der Waals surface area (Å²) in [5.41, 5.74) is 6.83. The number of pyridine rings is 1. The molecule has 4 nitrogen and oxygen atoms in total. The molecule has 0 aliphatic carbocycles. The predicted molar refractivity (Wildman–Crippen MR) is 76.1 cm³/mol. The molecule has 0 atom stereocenters. The van der Waals surface area contributed by atoms with Gasteiger partial charge in [0.1, 0.15) is 0 Å². The average molecular weight is 318 g/mol. The Kier molecular flexibility index (Phi) is 3.85. The molecule has 0 saturated heterocycles. The minimum Gasteiger partial charge on any atom is -0.478 e. The number of halogens is 3. The number of aromatic nitrogens is 1. The van der Waals surface area contributed by atoms with Crippen LogP contribution < -0.4 is 5.73 Å². The van der Waals surface area contributed by atoms with E-state index in [1.807, 2.05) is 0 Å². The lowest BCUT2D eigenvalue weighted by atomic mass is 10.1. The van der Waals surface area contributed by atoms with Crippen molar-refractivity contribution < 1.29 is 9.90 Å². The van der Waals surface area contributed by atoms with Gasteiger partial charge in [-0.3, -0.25) is 4.98 Å². The largest absolute Gasteiger partial charge is 0.478 e. The van der Waals surface area contributed by atoms with E-state index in [4.69, 9.17) is 45.6 Å². The van der Waals surface area contributed by atoms with Gasteiger partial charge in [0.05, 0.1) is 32.0 Å². The van der Waals surface area contributed by atoms with Crippen LogP contribution in [0.15, 0.2) is 24.4 Å². The number of nitrogens with zero attached hydrogens (tertiary/aromatic N) is 1. The van der Waals surface area contributed by atoms with Gasteiger partial charge in [0.25, 0.3) is 0 Å². The van der Waals surface area contributed by atoms with Crippen LogP contribution in [0.1, 0.15) is 10.4 Å². The number of carboxylic acids is 1. The highest BCUT2D eigenvalue weighted by molar-refractivity contribution is 6.44. The fourth-order valence-electron chi connectivity index (χ4n) is 1.53. The number of hydrogen-bond acceptors (Lipinski definition) is 3. The average Bonchev–Trinajstić information content (AvgIpc) is 2.34. The van der Waals surface area contributed by atoms with Crippen molar-refractivity contribution in [3.8, 4) is 11.3 Å². The molecule has 0 saturated carbocycles. The van der Waals surface area contributed by atoms with Crippen molar-refractivity contribution in [3.05, 3.63) is 45.0 Å². The fraction of sp³-hybridized carbons (Fsp3) is 0. The van der Waals surface area contributed by atoms with Gasteiger partial charge in [0, 0.05) is 11.8 Å². The van der Waals surface area contributed by atoms with Crippen LogP contribution in [0.3, 0.4) is 0 Å². The van der Waals surface area contributed by atoms with Crippen molar-refractivity contribution in [1.29, 1.82) is 0 Å².